The second kappa shape index (κ2) is 5.39. The minimum absolute atomic E-state index is 0.195. The zero-order valence-electron chi connectivity index (χ0n) is 9.28. The first-order valence-corrected chi connectivity index (χ1v) is 6.72. The highest BCUT2D eigenvalue weighted by atomic mass is 32.1. The molecule has 1 aromatic rings. The Labute approximate surface area is 99.7 Å². The van der Waals surface area contributed by atoms with Gasteiger partial charge in [0.15, 0.2) is 12.1 Å². The predicted octanol–water partition coefficient (Wildman–Crippen LogP) is 3.71. The Kier molecular flexibility index (Phi) is 3.88. The molecule has 1 aliphatic rings. The van der Waals surface area contributed by atoms with Crippen LogP contribution in [0.1, 0.15) is 57.9 Å². The Morgan fingerprint density at radius 3 is 2.44 bits per heavy atom. The summed E-state index contributed by atoms with van der Waals surface area (Å²) in [5.41, 5.74) is 0. The lowest BCUT2D eigenvalue weighted by molar-refractivity contribution is 0.0912. The van der Waals surface area contributed by atoms with Crippen molar-refractivity contribution in [1.82, 2.24) is 0 Å². The quantitative estimate of drug-likeness (QED) is 0.455. The van der Waals surface area contributed by atoms with E-state index in [1.54, 1.807) is 12.1 Å². The second-order valence-corrected chi connectivity index (χ2v) is 5.49. The Balaban J connectivity index is 2.07. The van der Waals surface area contributed by atoms with E-state index in [9.17, 15) is 9.59 Å². The molecule has 3 heteroatoms. The van der Waals surface area contributed by atoms with Gasteiger partial charge in [-0.1, -0.05) is 25.7 Å². The van der Waals surface area contributed by atoms with Gasteiger partial charge in [-0.15, -0.1) is 11.3 Å². The highest BCUT2D eigenvalue weighted by Gasteiger charge is 2.22. The number of carbonyl (C=O) groups is 2. The van der Waals surface area contributed by atoms with Crippen LogP contribution in [-0.4, -0.2) is 12.1 Å². The van der Waals surface area contributed by atoms with Crippen LogP contribution in [0.3, 0.4) is 0 Å². The zero-order chi connectivity index (χ0) is 11.4. The van der Waals surface area contributed by atoms with Gasteiger partial charge in [-0.25, -0.2) is 0 Å². The summed E-state index contributed by atoms with van der Waals surface area (Å²) in [4.78, 5) is 24.2. The molecule has 1 aliphatic carbocycles. The van der Waals surface area contributed by atoms with E-state index in [4.69, 9.17) is 0 Å². The van der Waals surface area contributed by atoms with Crippen molar-refractivity contribution >= 4 is 23.4 Å². The Hall–Kier alpha value is -0.960. The number of thiophene rings is 1. The molecule has 2 rings (SSSR count). The second-order valence-electron chi connectivity index (χ2n) is 4.37. The Morgan fingerprint density at radius 1 is 1.19 bits per heavy atom. The fraction of sp³-hybridized carbons (Fsp3) is 0.538. The van der Waals surface area contributed by atoms with Crippen molar-refractivity contribution in [3.63, 3.8) is 0 Å². The molecule has 1 saturated carbocycles. The van der Waals surface area contributed by atoms with Gasteiger partial charge in [0, 0.05) is 5.92 Å². The van der Waals surface area contributed by atoms with Crippen molar-refractivity contribution in [3.05, 3.63) is 21.9 Å². The molecule has 0 aliphatic heterocycles. The van der Waals surface area contributed by atoms with Gasteiger partial charge in [0.2, 0.25) is 0 Å². The van der Waals surface area contributed by atoms with E-state index in [-0.39, 0.29) is 11.7 Å². The molecule has 1 fully saturated rings. The molecule has 0 atom stereocenters. The van der Waals surface area contributed by atoms with Crippen LogP contribution in [0.4, 0.5) is 0 Å². The number of hydrogen-bond donors (Lipinski definition) is 0. The summed E-state index contributed by atoms with van der Waals surface area (Å²) in [6.07, 6.45) is 7.71. The molecule has 0 saturated heterocycles. The number of rotatable bonds is 3. The number of carbonyl (C=O) groups excluding carboxylic acids is 2. The summed E-state index contributed by atoms with van der Waals surface area (Å²) in [6.45, 7) is 0. The van der Waals surface area contributed by atoms with Crippen molar-refractivity contribution in [2.75, 3.05) is 0 Å². The van der Waals surface area contributed by atoms with Gasteiger partial charge >= 0.3 is 0 Å². The summed E-state index contributed by atoms with van der Waals surface area (Å²) in [6, 6.07) is 3.53. The van der Waals surface area contributed by atoms with E-state index >= 15 is 0 Å². The highest BCUT2D eigenvalue weighted by Crippen LogP contribution is 2.28. The Morgan fingerprint density at radius 2 is 1.88 bits per heavy atom. The van der Waals surface area contributed by atoms with E-state index in [0.29, 0.717) is 4.88 Å². The molecule has 0 bridgehead atoms. The summed E-state index contributed by atoms with van der Waals surface area (Å²) in [7, 11) is 0. The van der Waals surface area contributed by atoms with Crippen LogP contribution in [0.2, 0.25) is 0 Å². The average molecular weight is 236 g/mol. The van der Waals surface area contributed by atoms with Crippen LogP contribution in [-0.2, 0) is 0 Å². The van der Waals surface area contributed by atoms with Crippen LogP contribution < -0.4 is 0 Å². The minimum Gasteiger partial charge on any atom is -0.297 e. The van der Waals surface area contributed by atoms with Gasteiger partial charge in [-0.2, -0.15) is 0 Å². The topological polar surface area (TPSA) is 34.1 Å². The first-order chi connectivity index (χ1) is 7.81. The fourth-order valence-electron chi connectivity index (χ4n) is 2.29. The first kappa shape index (κ1) is 11.5. The van der Waals surface area contributed by atoms with Crippen molar-refractivity contribution in [2.45, 2.75) is 38.5 Å². The maximum Gasteiger partial charge on any atom is 0.175 e. The molecule has 0 unspecified atom stereocenters. The standard InChI is InChI=1S/C13H16O2S/c14-9-11-7-8-12(16-11)13(15)10-5-3-1-2-4-6-10/h7-10H,1-6H2. The predicted molar refractivity (Wildman–Crippen MR) is 65.2 cm³/mol. The summed E-state index contributed by atoms with van der Waals surface area (Å²) in [5, 5.41) is 0. The first-order valence-electron chi connectivity index (χ1n) is 5.90. The SMILES string of the molecule is O=Cc1ccc(C(=O)C2CCCCCC2)s1. The summed E-state index contributed by atoms with van der Waals surface area (Å²) < 4.78 is 0. The molecule has 2 nitrogen and oxygen atoms in total. The molecule has 86 valence electrons. The summed E-state index contributed by atoms with van der Waals surface area (Å²) in [5.74, 6) is 0.445. The maximum absolute atomic E-state index is 12.2. The molecule has 0 aromatic carbocycles. The van der Waals surface area contributed by atoms with Gasteiger partial charge in [0.25, 0.3) is 0 Å². The van der Waals surface area contributed by atoms with E-state index in [1.165, 1.54) is 37.0 Å². The van der Waals surface area contributed by atoms with Gasteiger partial charge in [-0.3, -0.25) is 9.59 Å². The smallest absolute Gasteiger partial charge is 0.175 e. The number of hydrogen-bond acceptors (Lipinski definition) is 3. The molecule has 0 amide bonds. The molecule has 0 N–H and O–H groups in total. The normalized spacial score (nSPS) is 18.0. The van der Waals surface area contributed by atoms with Gasteiger partial charge in [0.1, 0.15) is 0 Å². The zero-order valence-corrected chi connectivity index (χ0v) is 10.1. The lowest BCUT2D eigenvalue weighted by Crippen LogP contribution is -2.12. The van der Waals surface area contributed by atoms with E-state index in [2.05, 4.69) is 0 Å². The molecular formula is C13H16O2S. The van der Waals surface area contributed by atoms with E-state index < -0.39 is 0 Å². The third-order valence-electron chi connectivity index (χ3n) is 3.21. The van der Waals surface area contributed by atoms with Gasteiger partial charge < -0.3 is 0 Å². The fourth-order valence-corrected chi connectivity index (χ4v) is 3.13. The lowest BCUT2D eigenvalue weighted by Gasteiger charge is -2.10. The van der Waals surface area contributed by atoms with Crippen LogP contribution >= 0.6 is 11.3 Å². The molecule has 0 radical (unpaired) electrons. The van der Waals surface area contributed by atoms with Crippen LogP contribution in [0, 0.1) is 5.92 Å². The van der Waals surface area contributed by atoms with Gasteiger partial charge in [-0.05, 0) is 25.0 Å². The molecular weight excluding hydrogens is 220 g/mol. The average Bonchev–Trinajstić information content (AvgIpc) is 2.62. The van der Waals surface area contributed by atoms with E-state index in [0.717, 1.165) is 24.0 Å². The molecule has 16 heavy (non-hydrogen) atoms. The van der Waals surface area contributed by atoms with Gasteiger partial charge in [0.05, 0.1) is 9.75 Å². The van der Waals surface area contributed by atoms with Crippen molar-refractivity contribution in [3.8, 4) is 0 Å². The number of ketones is 1. The molecule has 1 aromatic heterocycles. The van der Waals surface area contributed by atoms with Crippen LogP contribution in [0.15, 0.2) is 12.1 Å². The van der Waals surface area contributed by atoms with Crippen molar-refractivity contribution < 1.29 is 9.59 Å². The third kappa shape index (κ3) is 2.59. The largest absolute Gasteiger partial charge is 0.297 e. The molecule has 1 heterocycles. The monoisotopic (exact) mass is 236 g/mol. The molecule has 0 spiro atoms. The third-order valence-corrected chi connectivity index (χ3v) is 4.24. The van der Waals surface area contributed by atoms with Crippen molar-refractivity contribution in [2.24, 2.45) is 5.92 Å². The lowest BCUT2D eigenvalue weighted by atomic mass is 9.95. The van der Waals surface area contributed by atoms with Crippen LogP contribution in [0.5, 0.6) is 0 Å². The number of Topliss-reactive ketones (excluding diaryl/α,β-unsaturated/α-hetero) is 1. The summed E-state index contributed by atoms with van der Waals surface area (Å²) >= 11 is 1.32. The Bertz CT molecular complexity index is 373. The minimum atomic E-state index is 0.195. The highest BCUT2D eigenvalue weighted by molar-refractivity contribution is 7.15. The maximum atomic E-state index is 12.2. The van der Waals surface area contributed by atoms with Crippen LogP contribution in [0.25, 0.3) is 0 Å². The van der Waals surface area contributed by atoms with Crippen molar-refractivity contribution in [1.29, 1.82) is 0 Å². The number of aldehydes is 1. The van der Waals surface area contributed by atoms with E-state index in [1.807, 2.05) is 0 Å².